The van der Waals surface area contributed by atoms with Gasteiger partial charge in [0.2, 0.25) is 0 Å². The average molecular weight is 593 g/mol. The van der Waals surface area contributed by atoms with Crippen LogP contribution in [0.3, 0.4) is 0 Å². The molecule has 214 valence electrons. The van der Waals surface area contributed by atoms with Gasteiger partial charge in [-0.15, -0.1) is 11.3 Å². The summed E-state index contributed by atoms with van der Waals surface area (Å²) in [5.74, 6) is -1.92. The highest BCUT2D eigenvalue weighted by molar-refractivity contribution is 7.18. The van der Waals surface area contributed by atoms with Gasteiger partial charge in [0.25, 0.3) is 5.91 Å². The normalized spacial score (nSPS) is 19.0. The summed E-state index contributed by atoms with van der Waals surface area (Å²) in [6, 6.07) is 10.4. The van der Waals surface area contributed by atoms with Crippen molar-refractivity contribution in [3.8, 4) is 0 Å². The molecule has 13 heteroatoms. The third kappa shape index (κ3) is 7.80. The zero-order valence-corrected chi connectivity index (χ0v) is 23.2. The molecule has 0 aliphatic carbocycles. The Bertz CT molecular complexity index is 1250. The molecule has 11 nitrogen and oxygen atoms in total. The van der Waals surface area contributed by atoms with Crippen molar-refractivity contribution >= 4 is 64.0 Å². The molecule has 0 radical (unpaired) electrons. The molecule has 1 N–H and O–H groups in total. The number of carbonyl (C=O) groups is 5. The molecule has 2 aliphatic rings. The van der Waals surface area contributed by atoms with Crippen LogP contribution in [0, 0.1) is 0 Å². The van der Waals surface area contributed by atoms with Crippen LogP contribution in [0.15, 0.2) is 36.4 Å². The molecule has 2 aliphatic heterocycles. The number of amides is 2. The van der Waals surface area contributed by atoms with Crippen molar-refractivity contribution in [2.24, 2.45) is 0 Å². The van der Waals surface area contributed by atoms with Gasteiger partial charge >= 0.3 is 18.0 Å². The first-order valence-electron chi connectivity index (χ1n) is 12.9. The van der Waals surface area contributed by atoms with Gasteiger partial charge in [0, 0.05) is 24.3 Å². The lowest BCUT2D eigenvalue weighted by atomic mass is 10.1. The van der Waals surface area contributed by atoms with Crippen LogP contribution >= 0.6 is 22.9 Å². The van der Waals surface area contributed by atoms with Crippen molar-refractivity contribution in [2.45, 2.75) is 50.7 Å². The summed E-state index contributed by atoms with van der Waals surface area (Å²) in [5, 5.41) is 8.61. The third-order valence-electron chi connectivity index (χ3n) is 6.48. The first-order chi connectivity index (χ1) is 19.2. The molecule has 3 heterocycles. The van der Waals surface area contributed by atoms with Crippen LogP contribution in [0.5, 0.6) is 0 Å². The minimum atomic E-state index is -1.07. The summed E-state index contributed by atoms with van der Waals surface area (Å²) >= 11 is 7.12. The number of Topliss-reactive ketones (excluding diaryl/α,β-unsaturated/α-hetero) is 1. The number of ether oxygens (including phenoxy) is 3. The van der Waals surface area contributed by atoms with E-state index in [1.165, 1.54) is 16.2 Å². The first kappa shape index (κ1) is 29.5. The molecule has 0 bridgehead atoms. The first-order valence-corrected chi connectivity index (χ1v) is 14.1. The van der Waals surface area contributed by atoms with E-state index in [-0.39, 0.29) is 37.6 Å². The van der Waals surface area contributed by atoms with E-state index in [0.717, 1.165) is 0 Å². The van der Waals surface area contributed by atoms with Crippen LogP contribution < -0.4 is 9.80 Å². The monoisotopic (exact) mass is 592 g/mol. The Balaban J connectivity index is 1.25. The molecule has 2 aromatic rings. The number of nitrogens with zero attached hydrogens (tertiary/aromatic N) is 2. The summed E-state index contributed by atoms with van der Waals surface area (Å²) in [7, 11) is 0. The number of ketones is 1. The highest BCUT2D eigenvalue weighted by Gasteiger charge is 2.34. The zero-order valence-electron chi connectivity index (χ0n) is 21.6. The average Bonchev–Trinajstić information content (AvgIpc) is 3.54. The lowest BCUT2D eigenvalue weighted by Crippen LogP contribution is -2.48. The van der Waals surface area contributed by atoms with Crippen molar-refractivity contribution in [2.75, 3.05) is 36.1 Å². The molecule has 2 saturated heterocycles. The second-order valence-corrected chi connectivity index (χ2v) is 11.0. The van der Waals surface area contributed by atoms with Gasteiger partial charge in [-0.3, -0.25) is 24.1 Å². The number of rotatable bonds is 13. The molecule has 2 amide bonds. The maximum absolute atomic E-state index is 13.0. The van der Waals surface area contributed by atoms with Crippen LogP contribution in [0.25, 0.3) is 0 Å². The summed E-state index contributed by atoms with van der Waals surface area (Å²) in [5.41, 5.74) is 1.28. The molecule has 0 saturated carbocycles. The summed E-state index contributed by atoms with van der Waals surface area (Å²) in [4.78, 5) is 63.6. The van der Waals surface area contributed by atoms with Crippen LogP contribution in [0.4, 0.5) is 16.2 Å². The van der Waals surface area contributed by atoms with Crippen molar-refractivity contribution in [3.63, 3.8) is 0 Å². The number of halogens is 1. The highest BCUT2D eigenvalue weighted by atomic mass is 35.5. The van der Waals surface area contributed by atoms with Gasteiger partial charge in [-0.25, -0.2) is 4.79 Å². The number of hydrogen-bond acceptors (Lipinski definition) is 9. The second-order valence-electron chi connectivity index (χ2n) is 9.30. The lowest BCUT2D eigenvalue weighted by Gasteiger charge is -2.32. The fourth-order valence-electron chi connectivity index (χ4n) is 4.42. The van der Waals surface area contributed by atoms with Crippen molar-refractivity contribution in [3.05, 3.63) is 45.6 Å². The van der Waals surface area contributed by atoms with Crippen molar-refractivity contribution in [1.82, 2.24) is 0 Å². The van der Waals surface area contributed by atoms with Gasteiger partial charge in [0.1, 0.15) is 12.2 Å². The van der Waals surface area contributed by atoms with Gasteiger partial charge in [-0.05, 0) is 55.7 Å². The predicted molar refractivity (Wildman–Crippen MR) is 146 cm³/mol. The van der Waals surface area contributed by atoms with Gasteiger partial charge in [-0.1, -0.05) is 11.6 Å². The fraction of sp³-hybridized carbons (Fsp3) is 0.444. The number of esters is 1. The summed E-state index contributed by atoms with van der Waals surface area (Å²) in [6.07, 6.45) is -0.680. The highest BCUT2D eigenvalue weighted by Crippen LogP contribution is 2.29. The molecular formula is C27H29ClN2O9S. The van der Waals surface area contributed by atoms with Crippen molar-refractivity contribution in [1.29, 1.82) is 0 Å². The third-order valence-corrected chi connectivity index (χ3v) is 7.75. The SMILES string of the molecule is O=C(O)CCC(=O)OCCCC1OCCN(c2ccc(N3C[C@H](CCC(=O)c4ccc(Cl)s4)OC3=O)cc2)C1=O. The fourth-order valence-corrected chi connectivity index (χ4v) is 5.43. The number of anilines is 2. The van der Waals surface area contributed by atoms with Gasteiger partial charge in [0.05, 0.1) is 41.8 Å². The molecule has 2 atom stereocenters. The predicted octanol–water partition coefficient (Wildman–Crippen LogP) is 4.31. The van der Waals surface area contributed by atoms with Crippen LogP contribution in [0.1, 0.15) is 48.2 Å². The van der Waals surface area contributed by atoms with E-state index in [1.807, 2.05) is 0 Å². The maximum atomic E-state index is 13.0. The number of carboxylic acids is 1. The van der Waals surface area contributed by atoms with Gasteiger partial charge in [-0.2, -0.15) is 0 Å². The Labute approximate surface area is 239 Å². The number of aliphatic carboxylic acids is 1. The molecule has 1 unspecified atom stereocenters. The van der Waals surface area contributed by atoms with Crippen molar-refractivity contribution < 1.29 is 43.3 Å². The number of cyclic esters (lactones) is 1. The molecular weight excluding hydrogens is 564 g/mol. The van der Waals surface area contributed by atoms with E-state index in [4.69, 9.17) is 30.9 Å². The van der Waals surface area contributed by atoms with Gasteiger partial charge < -0.3 is 24.2 Å². The maximum Gasteiger partial charge on any atom is 0.414 e. The quantitative estimate of drug-likeness (QED) is 0.205. The minimum Gasteiger partial charge on any atom is -0.481 e. The Morgan fingerprint density at radius 2 is 1.73 bits per heavy atom. The van der Waals surface area contributed by atoms with E-state index in [0.29, 0.717) is 59.5 Å². The number of benzene rings is 1. The lowest BCUT2D eigenvalue weighted by molar-refractivity contribution is -0.148. The van der Waals surface area contributed by atoms with Crippen LogP contribution in [-0.2, 0) is 28.6 Å². The van der Waals surface area contributed by atoms with E-state index >= 15 is 0 Å². The smallest absolute Gasteiger partial charge is 0.414 e. The Hall–Kier alpha value is -3.48. The van der Waals surface area contributed by atoms with Crippen LogP contribution in [0.2, 0.25) is 4.34 Å². The van der Waals surface area contributed by atoms with Gasteiger partial charge in [0.15, 0.2) is 5.78 Å². The number of hydrogen-bond donors (Lipinski definition) is 1. The summed E-state index contributed by atoms with van der Waals surface area (Å²) < 4.78 is 16.6. The Morgan fingerprint density at radius 1 is 1.00 bits per heavy atom. The number of morpholine rings is 1. The molecule has 0 spiro atoms. The standard InChI is InChI=1S/C27H29ClN2O9S/c28-23-10-9-22(40-23)20(31)8-7-19-16-30(27(36)39-19)18-5-3-17(4-6-18)29-13-15-37-21(26(29)35)2-1-14-38-25(34)12-11-24(32)33/h3-6,9-10,19,21H,1-2,7-8,11-16H2,(H,32,33)/t19-,21?/m0/s1. The molecule has 40 heavy (non-hydrogen) atoms. The number of carbonyl (C=O) groups excluding carboxylic acids is 4. The van der Waals surface area contributed by atoms with E-state index < -0.39 is 30.2 Å². The Kier molecular flexibility index (Phi) is 10.1. The zero-order chi connectivity index (χ0) is 28.6. The largest absolute Gasteiger partial charge is 0.481 e. The number of carboxylic acid groups (broad SMARTS) is 1. The minimum absolute atomic E-state index is 0.0408. The second kappa shape index (κ2) is 13.7. The number of thiophene rings is 1. The van der Waals surface area contributed by atoms with E-state index in [9.17, 15) is 24.0 Å². The summed E-state index contributed by atoms with van der Waals surface area (Å²) in [6.45, 7) is 1.10. The van der Waals surface area contributed by atoms with E-state index in [1.54, 1.807) is 41.3 Å². The van der Waals surface area contributed by atoms with E-state index in [2.05, 4.69) is 0 Å². The molecule has 1 aromatic heterocycles. The Morgan fingerprint density at radius 3 is 2.40 bits per heavy atom. The topological polar surface area (TPSA) is 140 Å². The molecule has 2 fully saturated rings. The van der Waals surface area contributed by atoms with Crippen LogP contribution in [-0.4, -0.2) is 73.3 Å². The molecule has 1 aromatic carbocycles. The molecule has 4 rings (SSSR count).